The highest BCUT2D eigenvalue weighted by Gasteiger charge is 2.20. The summed E-state index contributed by atoms with van der Waals surface area (Å²) in [5.41, 5.74) is 1.40. The number of ether oxygens (including phenoxy) is 2. The maximum absolute atomic E-state index is 13.0. The molecule has 1 aliphatic heterocycles. The predicted molar refractivity (Wildman–Crippen MR) is 114 cm³/mol. The van der Waals surface area contributed by atoms with Gasteiger partial charge in [-0.2, -0.15) is 0 Å². The molecule has 0 unspecified atom stereocenters. The van der Waals surface area contributed by atoms with Crippen LogP contribution in [0.1, 0.15) is 18.9 Å². The van der Waals surface area contributed by atoms with Crippen molar-refractivity contribution >= 4 is 0 Å². The molecule has 0 bridgehead atoms. The first kappa shape index (κ1) is 20.2. The number of likely N-dealkylation sites (tertiary alicyclic amines) is 1. The fraction of sp³-hybridized carbons (Fsp3) is 0.292. The van der Waals surface area contributed by atoms with E-state index in [4.69, 9.17) is 9.47 Å². The van der Waals surface area contributed by atoms with Crippen molar-refractivity contribution in [3.8, 4) is 17.2 Å². The Kier molecular flexibility index (Phi) is 6.14. The molecule has 0 amide bonds. The zero-order valence-corrected chi connectivity index (χ0v) is 17.0. The van der Waals surface area contributed by atoms with Gasteiger partial charge in [-0.05, 0) is 74.5 Å². The first-order valence-corrected chi connectivity index (χ1v) is 10.2. The van der Waals surface area contributed by atoms with Crippen LogP contribution in [0.2, 0.25) is 0 Å². The summed E-state index contributed by atoms with van der Waals surface area (Å²) in [5, 5.41) is 0. The number of nitrogens with zero attached hydrogens (tertiary/aromatic N) is 2. The van der Waals surface area contributed by atoms with E-state index in [9.17, 15) is 9.18 Å². The van der Waals surface area contributed by atoms with Crippen LogP contribution in [0.3, 0.4) is 0 Å². The number of hydrogen-bond acceptors (Lipinski definition) is 4. The van der Waals surface area contributed by atoms with Gasteiger partial charge in [0.1, 0.15) is 30.5 Å². The minimum Gasteiger partial charge on any atom is -0.492 e. The van der Waals surface area contributed by atoms with E-state index in [1.54, 1.807) is 29.0 Å². The molecular formula is C24H25FN2O3. The van der Waals surface area contributed by atoms with Crippen LogP contribution in [0.25, 0.3) is 5.69 Å². The molecule has 1 atom stereocenters. The van der Waals surface area contributed by atoms with E-state index in [0.29, 0.717) is 18.4 Å². The molecule has 0 saturated carbocycles. The highest BCUT2D eigenvalue weighted by Crippen LogP contribution is 2.18. The molecule has 0 N–H and O–H groups in total. The molecule has 0 aliphatic carbocycles. The first-order chi connectivity index (χ1) is 14.6. The van der Waals surface area contributed by atoms with Gasteiger partial charge in [0.2, 0.25) is 0 Å². The van der Waals surface area contributed by atoms with Gasteiger partial charge in [0.05, 0.1) is 0 Å². The number of benzene rings is 2. The van der Waals surface area contributed by atoms with Crippen LogP contribution < -0.4 is 15.0 Å². The van der Waals surface area contributed by atoms with E-state index in [2.05, 4.69) is 11.8 Å². The Bertz CT molecular complexity index is 1030. The quantitative estimate of drug-likeness (QED) is 0.565. The molecule has 1 aromatic heterocycles. The fourth-order valence-electron chi connectivity index (χ4n) is 3.32. The molecule has 0 spiro atoms. The topological polar surface area (TPSA) is 43.7 Å². The molecule has 30 heavy (non-hydrogen) atoms. The largest absolute Gasteiger partial charge is 0.492 e. The third-order valence-corrected chi connectivity index (χ3v) is 5.33. The predicted octanol–water partition coefficient (Wildman–Crippen LogP) is 4.03. The summed E-state index contributed by atoms with van der Waals surface area (Å²) in [6, 6.07) is 17.2. The van der Waals surface area contributed by atoms with Gasteiger partial charge in [-0.3, -0.25) is 14.3 Å². The van der Waals surface area contributed by atoms with Gasteiger partial charge in [0.15, 0.2) is 0 Å². The maximum Gasteiger partial charge on any atom is 0.258 e. The summed E-state index contributed by atoms with van der Waals surface area (Å²) in [7, 11) is 0. The van der Waals surface area contributed by atoms with E-state index in [1.807, 2.05) is 24.3 Å². The van der Waals surface area contributed by atoms with Crippen LogP contribution >= 0.6 is 0 Å². The number of hydrogen-bond donors (Lipinski definition) is 0. The van der Waals surface area contributed by atoms with E-state index in [1.165, 1.54) is 24.6 Å². The van der Waals surface area contributed by atoms with Crippen LogP contribution in [0, 0.1) is 5.82 Å². The zero-order chi connectivity index (χ0) is 20.9. The fourth-order valence-corrected chi connectivity index (χ4v) is 3.32. The van der Waals surface area contributed by atoms with Crippen LogP contribution in [-0.4, -0.2) is 35.2 Å². The minimum atomic E-state index is -0.289. The Hall–Kier alpha value is -3.12. The first-order valence-electron chi connectivity index (χ1n) is 10.2. The molecule has 5 nitrogen and oxygen atoms in total. The van der Waals surface area contributed by atoms with Crippen molar-refractivity contribution in [2.45, 2.75) is 26.0 Å². The van der Waals surface area contributed by atoms with Crippen molar-refractivity contribution in [1.29, 1.82) is 0 Å². The molecule has 2 heterocycles. The number of aromatic nitrogens is 1. The Morgan fingerprint density at radius 3 is 2.33 bits per heavy atom. The van der Waals surface area contributed by atoms with Crippen molar-refractivity contribution in [3.63, 3.8) is 0 Å². The molecule has 1 aliphatic rings. The lowest BCUT2D eigenvalue weighted by Crippen LogP contribution is -2.46. The molecule has 0 radical (unpaired) electrons. The van der Waals surface area contributed by atoms with Gasteiger partial charge in [-0.15, -0.1) is 0 Å². The molecule has 6 heteroatoms. The van der Waals surface area contributed by atoms with Gasteiger partial charge >= 0.3 is 0 Å². The van der Waals surface area contributed by atoms with Crippen molar-refractivity contribution in [2.24, 2.45) is 0 Å². The lowest BCUT2D eigenvalue weighted by atomic mass is 10.1. The second kappa shape index (κ2) is 9.13. The Balaban J connectivity index is 1.36. The summed E-state index contributed by atoms with van der Waals surface area (Å²) < 4.78 is 26.0. The number of pyridine rings is 1. The van der Waals surface area contributed by atoms with Gasteiger partial charge in [-0.1, -0.05) is 12.1 Å². The van der Waals surface area contributed by atoms with Crippen molar-refractivity contribution in [3.05, 3.63) is 88.6 Å². The van der Waals surface area contributed by atoms with Gasteiger partial charge < -0.3 is 9.47 Å². The normalized spacial score (nSPS) is 14.7. The summed E-state index contributed by atoms with van der Waals surface area (Å²) in [5.74, 6) is 0.974. The van der Waals surface area contributed by atoms with Gasteiger partial charge in [0, 0.05) is 24.0 Å². The summed E-state index contributed by atoms with van der Waals surface area (Å²) >= 11 is 0. The second-order valence-corrected chi connectivity index (χ2v) is 7.53. The Morgan fingerprint density at radius 2 is 1.70 bits per heavy atom. The Labute approximate surface area is 175 Å². The van der Waals surface area contributed by atoms with Crippen molar-refractivity contribution in [2.75, 3.05) is 19.7 Å². The third kappa shape index (κ3) is 4.89. The van der Waals surface area contributed by atoms with Crippen LogP contribution in [-0.2, 0) is 6.61 Å². The SMILES string of the molecule is C[C@@H](COc1ccc(-n2ccc(OCc3ccc(F)cc3)cc2=O)cc1)N1CCC1. The van der Waals surface area contributed by atoms with Crippen LogP contribution in [0.15, 0.2) is 71.7 Å². The summed E-state index contributed by atoms with van der Waals surface area (Å²) in [4.78, 5) is 14.9. The van der Waals surface area contributed by atoms with E-state index in [0.717, 1.165) is 30.1 Å². The van der Waals surface area contributed by atoms with E-state index in [-0.39, 0.29) is 18.0 Å². The zero-order valence-electron chi connectivity index (χ0n) is 17.0. The summed E-state index contributed by atoms with van der Waals surface area (Å²) in [6.45, 7) is 5.39. The second-order valence-electron chi connectivity index (χ2n) is 7.53. The molecule has 2 aromatic carbocycles. The van der Waals surface area contributed by atoms with Crippen LogP contribution in [0.4, 0.5) is 4.39 Å². The molecular weight excluding hydrogens is 383 g/mol. The van der Waals surface area contributed by atoms with E-state index < -0.39 is 0 Å². The van der Waals surface area contributed by atoms with Gasteiger partial charge in [-0.25, -0.2) is 4.39 Å². The average Bonchev–Trinajstić information content (AvgIpc) is 2.71. The van der Waals surface area contributed by atoms with Crippen molar-refractivity contribution < 1.29 is 13.9 Å². The average molecular weight is 408 g/mol. The molecule has 1 fully saturated rings. The number of rotatable bonds is 8. The number of halogens is 1. The Morgan fingerprint density at radius 1 is 0.967 bits per heavy atom. The highest BCUT2D eigenvalue weighted by molar-refractivity contribution is 5.38. The molecule has 3 aromatic rings. The molecule has 1 saturated heterocycles. The lowest BCUT2D eigenvalue weighted by Gasteiger charge is -2.36. The third-order valence-electron chi connectivity index (χ3n) is 5.33. The minimum absolute atomic E-state index is 0.188. The highest BCUT2D eigenvalue weighted by atomic mass is 19.1. The van der Waals surface area contributed by atoms with Gasteiger partial charge in [0.25, 0.3) is 5.56 Å². The monoisotopic (exact) mass is 408 g/mol. The smallest absolute Gasteiger partial charge is 0.258 e. The van der Waals surface area contributed by atoms with E-state index >= 15 is 0 Å². The summed E-state index contributed by atoms with van der Waals surface area (Å²) in [6.07, 6.45) is 2.95. The standard InChI is InChI=1S/C24H25FN2O3/c1-18(26-12-2-13-26)16-29-22-9-7-21(8-10-22)27-14-11-23(15-24(27)28)30-17-19-3-5-20(25)6-4-19/h3-11,14-15,18H,2,12-13,16-17H2,1H3/t18-/m0/s1. The maximum atomic E-state index is 13.0. The molecule has 156 valence electrons. The lowest BCUT2D eigenvalue weighted by molar-refractivity contribution is 0.0901. The van der Waals surface area contributed by atoms with Crippen molar-refractivity contribution in [1.82, 2.24) is 9.47 Å². The molecule has 4 rings (SSSR count). The van der Waals surface area contributed by atoms with Crippen LogP contribution in [0.5, 0.6) is 11.5 Å².